The van der Waals surface area contributed by atoms with Crippen LogP contribution in [0.4, 0.5) is 10.8 Å². The summed E-state index contributed by atoms with van der Waals surface area (Å²) in [6.45, 7) is 1.06. The smallest absolute Gasteiger partial charge is 0.257 e. The zero-order chi connectivity index (χ0) is 21.5. The molecule has 0 atom stereocenters. The van der Waals surface area contributed by atoms with Crippen LogP contribution in [0.2, 0.25) is 0 Å². The third-order valence-electron chi connectivity index (χ3n) is 5.55. The van der Waals surface area contributed by atoms with Crippen LogP contribution in [0, 0.1) is 0 Å². The van der Waals surface area contributed by atoms with Crippen molar-refractivity contribution >= 4 is 45.7 Å². The maximum Gasteiger partial charge on any atom is 0.257 e. The van der Waals surface area contributed by atoms with Gasteiger partial charge in [-0.1, -0.05) is 60.6 Å². The molecule has 0 bridgehead atoms. The topological polar surface area (TPSA) is 99.2 Å². The zero-order valence-corrected chi connectivity index (χ0v) is 19.1. The number of benzene rings is 1. The van der Waals surface area contributed by atoms with Crippen molar-refractivity contribution in [2.24, 2.45) is 0 Å². The molecule has 2 aliphatic rings. The Labute approximate surface area is 190 Å². The number of thioether (sulfide) groups is 1. The van der Waals surface area contributed by atoms with Gasteiger partial charge in [-0.15, -0.1) is 10.2 Å². The highest BCUT2D eigenvalue weighted by Crippen LogP contribution is 2.28. The molecule has 2 amide bonds. The number of nitrogens with one attached hydrogen (secondary N) is 3. The number of carbonyl (C=O) groups is 2. The summed E-state index contributed by atoms with van der Waals surface area (Å²) in [5.41, 5.74) is 7.37. The molecule has 31 heavy (non-hydrogen) atoms. The van der Waals surface area contributed by atoms with Crippen LogP contribution < -0.4 is 21.1 Å². The van der Waals surface area contributed by atoms with Crippen molar-refractivity contribution in [2.75, 3.05) is 29.1 Å². The summed E-state index contributed by atoms with van der Waals surface area (Å²) < 4.78 is 0.740. The fourth-order valence-corrected chi connectivity index (χ4v) is 5.67. The van der Waals surface area contributed by atoms with Crippen LogP contribution in [0.25, 0.3) is 0 Å². The Morgan fingerprint density at radius 2 is 1.87 bits per heavy atom. The molecule has 8 nitrogen and oxygen atoms in total. The molecular formula is C21H28N6O2S2. The van der Waals surface area contributed by atoms with Gasteiger partial charge in [-0.3, -0.25) is 20.4 Å². The van der Waals surface area contributed by atoms with E-state index in [1.165, 1.54) is 60.8 Å². The SMILES string of the molecule is O=C(CSc1nnc(NC2CCCCC2)s1)NNC(=O)CN1CCCc2ccccc21. The van der Waals surface area contributed by atoms with Gasteiger partial charge < -0.3 is 10.2 Å². The van der Waals surface area contributed by atoms with Crippen molar-refractivity contribution in [1.29, 1.82) is 0 Å². The molecular weight excluding hydrogens is 432 g/mol. The molecule has 166 valence electrons. The molecule has 1 aromatic heterocycles. The molecule has 0 saturated heterocycles. The predicted molar refractivity (Wildman–Crippen MR) is 124 cm³/mol. The second kappa shape index (κ2) is 10.8. The molecule has 1 saturated carbocycles. The van der Waals surface area contributed by atoms with Crippen LogP contribution in [-0.2, 0) is 16.0 Å². The van der Waals surface area contributed by atoms with Crippen molar-refractivity contribution in [3.05, 3.63) is 29.8 Å². The first-order valence-electron chi connectivity index (χ1n) is 10.8. The number of aryl methyl sites for hydroxylation is 1. The van der Waals surface area contributed by atoms with Gasteiger partial charge in [0.1, 0.15) is 0 Å². The van der Waals surface area contributed by atoms with Crippen LogP contribution >= 0.6 is 23.1 Å². The van der Waals surface area contributed by atoms with Crippen molar-refractivity contribution in [1.82, 2.24) is 21.0 Å². The number of anilines is 2. The fraction of sp³-hybridized carbons (Fsp3) is 0.524. The number of amides is 2. The number of hydrogen-bond donors (Lipinski definition) is 3. The van der Waals surface area contributed by atoms with E-state index in [9.17, 15) is 9.59 Å². The van der Waals surface area contributed by atoms with E-state index in [1.54, 1.807) is 0 Å². The molecule has 0 spiro atoms. The molecule has 4 rings (SSSR count). The fourth-order valence-electron chi connectivity index (χ4n) is 4.04. The highest BCUT2D eigenvalue weighted by molar-refractivity contribution is 8.01. The van der Waals surface area contributed by atoms with Crippen LogP contribution in [-0.4, -0.2) is 46.9 Å². The number of nitrogens with zero attached hydrogens (tertiary/aromatic N) is 3. The first kappa shape index (κ1) is 21.9. The van der Waals surface area contributed by atoms with Crippen LogP contribution in [0.15, 0.2) is 28.6 Å². The number of fused-ring (bicyclic) bond motifs is 1. The van der Waals surface area contributed by atoms with Crippen LogP contribution in [0.3, 0.4) is 0 Å². The number of rotatable bonds is 7. The molecule has 2 aromatic rings. The van der Waals surface area contributed by atoms with Gasteiger partial charge >= 0.3 is 0 Å². The van der Waals surface area contributed by atoms with Gasteiger partial charge in [0, 0.05) is 18.3 Å². The van der Waals surface area contributed by atoms with Gasteiger partial charge in [0.2, 0.25) is 11.0 Å². The third-order valence-corrected chi connectivity index (χ3v) is 7.54. The minimum absolute atomic E-state index is 0.172. The third kappa shape index (κ3) is 6.33. The summed E-state index contributed by atoms with van der Waals surface area (Å²) in [5, 5.41) is 12.6. The van der Waals surface area contributed by atoms with Crippen molar-refractivity contribution in [3.63, 3.8) is 0 Å². The molecule has 0 radical (unpaired) electrons. The number of aromatic nitrogens is 2. The Morgan fingerprint density at radius 3 is 2.74 bits per heavy atom. The molecule has 1 aromatic carbocycles. The Kier molecular flexibility index (Phi) is 7.63. The average molecular weight is 461 g/mol. The maximum atomic E-state index is 12.3. The van der Waals surface area contributed by atoms with E-state index in [-0.39, 0.29) is 24.1 Å². The van der Waals surface area contributed by atoms with E-state index in [4.69, 9.17) is 0 Å². The number of carbonyl (C=O) groups excluding carboxylic acids is 2. The molecule has 0 unspecified atom stereocenters. The molecule has 1 aliphatic heterocycles. The largest absolute Gasteiger partial charge is 0.362 e. The predicted octanol–water partition coefficient (Wildman–Crippen LogP) is 2.98. The van der Waals surface area contributed by atoms with E-state index < -0.39 is 0 Å². The van der Waals surface area contributed by atoms with Gasteiger partial charge in [-0.2, -0.15) is 0 Å². The van der Waals surface area contributed by atoms with Crippen LogP contribution in [0.1, 0.15) is 44.1 Å². The highest BCUT2D eigenvalue weighted by atomic mass is 32.2. The first-order chi connectivity index (χ1) is 15.2. The number of hydrogen-bond acceptors (Lipinski definition) is 8. The summed E-state index contributed by atoms with van der Waals surface area (Å²) in [6, 6.07) is 8.62. The van der Waals surface area contributed by atoms with Gasteiger partial charge in [0.15, 0.2) is 4.34 Å². The maximum absolute atomic E-state index is 12.3. The quantitative estimate of drug-likeness (QED) is 0.431. The molecule has 10 heteroatoms. The van der Waals surface area contributed by atoms with E-state index in [1.807, 2.05) is 18.2 Å². The first-order valence-corrected chi connectivity index (χ1v) is 12.6. The highest BCUT2D eigenvalue weighted by Gasteiger charge is 2.19. The second-order valence-corrected chi connectivity index (χ2v) is 10.1. The standard InChI is InChI=1S/C21H28N6O2S2/c28-18(13-27-12-6-8-15-7-4-5-11-17(15)27)23-24-19(29)14-30-21-26-25-20(31-21)22-16-9-2-1-3-10-16/h4-5,7,11,16H,1-3,6,8-10,12-14H2,(H,22,25)(H,23,28)(H,24,29). The summed E-state index contributed by atoms with van der Waals surface area (Å²) >= 11 is 2.79. The van der Waals surface area contributed by atoms with E-state index in [2.05, 4.69) is 37.3 Å². The molecule has 1 fully saturated rings. The van der Waals surface area contributed by atoms with Gasteiger partial charge in [0.05, 0.1) is 12.3 Å². The second-order valence-electron chi connectivity index (χ2n) is 7.89. The van der Waals surface area contributed by atoms with Gasteiger partial charge in [-0.05, 0) is 37.3 Å². The summed E-state index contributed by atoms with van der Waals surface area (Å²) in [6.07, 6.45) is 8.23. The van der Waals surface area contributed by atoms with Crippen molar-refractivity contribution in [2.45, 2.75) is 55.3 Å². The Balaban J connectivity index is 1.17. The average Bonchev–Trinajstić information content (AvgIpc) is 3.24. The lowest BCUT2D eigenvalue weighted by atomic mass is 9.96. The lowest BCUT2D eigenvalue weighted by molar-refractivity contribution is -0.126. The molecule has 2 heterocycles. The van der Waals surface area contributed by atoms with Crippen LogP contribution in [0.5, 0.6) is 0 Å². The van der Waals surface area contributed by atoms with Gasteiger partial charge in [-0.25, -0.2) is 0 Å². The Hall–Kier alpha value is -2.33. The minimum Gasteiger partial charge on any atom is -0.362 e. The van der Waals surface area contributed by atoms with E-state index in [0.717, 1.165) is 34.5 Å². The van der Waals surface area contributed by atoms with Gasteiger partial charge in [0.25, 0.3) is 5.91 Å². The summed E-state index contributed by atoms with van der Waals surface area (Å²) in [4.78, 5) is 26.5. The Bertz CT molecular complexity index is 900. The monoisotopic (exact) mass is 460 g/mol. The molecule has 1 aliphatic carbocycles. The van der Waals surface area contributed by atoms with Crippen molar-refractivity contribution < 1.29 is 9.59 Å². The number of para-hydroxylation sites is 1. The van der Waals surface area contributed by atoms with E-state index in [0.29, 0.717) is 6.04 Å². The lowest BCUT2D eigenvalue weighted by Crippen LogP contribution is -2.47. The zero-order valence-electron chi connectivity index (χ0n) is 17.4. The summed E-state index contributed by atoms with van der Waals surface area (Å²) in [5.74, 6) is -0.329. The summed E-state index contributed by atoms with van der Waals surface area (Å²) in [7, 11) is 0. The molecule has 3 N–H and O–H groups in total. The Morgan fingerprint density at radius 1 is 1.06 bits per heavy atom. The normalized spacial score (nSPS) is 16.5. The number of hydrazine groups is 1. The minimum atomic E-state index is -0.269. The van der Waals surface area contributed by atoms with E-state index >= 15 is 0 Å². The van der Waals surface area contributed by atoms with Crippen molar-refractivity contribution in [3.8, 4) is 0 Å². The lowest BCUT2D eigenvalue weighted by Gasteiger charge is -2.30.